The molecule has 1 saturated heterocycles. The van der Waals surface area contributed by atoms with Gasteiger partial charge in [-0.1, -0.05) is 13.3 Å². The van der Waals surface area contributed by atoms with E-state index in [0.29, 0.717) is 12.0 Å². The summed E-state index contributed by atoms with van der Waals surface area (Å²) in [7, 11) is -1.58. The topological polar surface area (TPSA) is 29.5 Å². The Kier molecular flexibility index (Phi) is 2.53. The monoisotopic (exact) mass is 214 g/mol. The molecule has 82 valence electrons. The molecule has 14 heavy (non-hydrogen) atoms. The Bertz CT molecular complexity index is 229. The highest BCUT2D eigenvalue weighted by Crippen LogP contribution is 2.48. The molecule has 0 bridgehead atoms. The third-order valence-corrected chi connectivity index (χ3v) is 6.27. The molecular formula is C11H22O2Si. The first-order chi connectivity index (χ1) is 6.47. The van der Waals surface area contributed by atoms with Gasteiger partial charge in [0.15, 0.2) is 8.32 Å². The minimum atomic E-state index is -1.58. The zero-order valence-electron chi connectivity index (χ0n) is 9.55. The molecule has 0 radical (unpaired) electrons. The number of hydrogen-bond donors (Lipinski definition) is 1. The maximum Gasteiger partial charge on any atom is 0.190 e. The van der Waals surface area contributed by atoms with E-state index in [1.807, 2.05) is 0 Å². The molecule has 1 heterocycles. The third kappa shape index (κ3) is 1.66. The minimum Gasteiger partial charge on any atom is -0.414 e. The Labute approximate surface area is 87.8 Å². The van der Waals surface area contributed by atoms with Crippen LogP contribution in [0.5, 0.6) is 0 Å². The van der Waals surface area contributed by atoms with Crippen LogP contribution in [0.3, 0.4) is 0 Å². The van der Waals surface area contributed by atoms with Crippen molar-refractivity contribution in [3.8, 4) is 0 Å². The van der Waals surface area contributed by atoms with Crippen molar-refractivity contribution in [3.05, 3.63) is 0 Å². The molecule has 2 fully saturated rings. The first-order valence-corrected chi connectivity index (χ1v) is 8.99. The van der Waals surface area contributed by atoms with E-state index < -0.39 is 8.32 Å². The second-order valence-electron chi connectivity index (χ2n) is 5.60. The summed E-state index contributed by atoms with van der Waals surface area (Å²) < 4.78 is 6.18. The summed E-state index contributed by atoms with van der Waals surface area (Å²) in [5, 5.41) is 10.6. The highest BCUT2D eigenvalue weighted by molar-refractivity contribution is 6.71. The largest absolute Gasteiger partial charge is 0.414 e. The van der Waals surface area contributed by atoms with Gasteiger partial charge in [0.25, 0.3) is 0 Å². The minimum absolute atomic E-state index is 0.331. The average Bonchev–Trinajstić information content (AvgIpc) is 2.42. The highest BCUT2D eigenvalue weighted by atomic mass is 28.4. The number of fused-ring (bicyclic) bond motifs is 1. The molecule has 2 aliphatic rings. The van der Waals surface area contributed by atoms with E-state index >= 15 is 0 Å². The van der Waals surface area contributed by atoms with E-state index in [1.54, 1.807) is 0 Å². The molecule has 0 aromatic rings. The van der Waals surface area contributed by atoms with Crippen LogP contribution in [0.15, 0.2) is 0 Å². The second-order valence-corrected chi connectivity index (χ2v) is 9.71. The van der Waals surface area contributed by atoms with E-state index in [2.05, 4.69) is 20.0 Å². The Morgan fingerprint density at radius 2 is 2.21 bits per heavy atom. The summed E-state index contributed by atoms with van der Waals surface area (Å²) in [5.41, 5.74) is -0.366. The van der Waals surface area contributed by atoms with Gasteiger partial charge in [0.05, 0.1) is 11.7 Å². The predicted molar refractivity (Wildman–Crippen MR) is 59.7 cm³/mol. The van der Waals surface area contributed by atoms with Gasteiger partial charge in [0.1, 0.15) is 0 Å². The first kappa shape index (κ1) is 10.6. The molecular weight excluding hydrogens is 192 g/mol. The van der Waals surface area contributed by atoms with Gasteiger partial charge in [-0.25, -0.2) is 0 Å². The number of hydrogen-bond acceptors (Lipinski definition) is 2. The quantitative estimate of drug-likeness (QED) is 0.680. The summed E-state index contributed by atoms with van der Waals surface area (Å²) >= 11 is 0. The van der Waals surface area contributed by atoms with Crippen LogP contribution < -0.4 is 0 Å². The molecule has 1 saturated carbocycles. The van der Waals surface area contributed by atoms with Gasteiger partial charge in [-0.15, -0.1) is 0 Å². The molecule has 0 aromatic heterocycles. The van der Waals surface area contributed by atoms with Crippen molar-refractivity contribution in [1.29, 1.82) is 0 Å². The standard InChI is InChI=1S/C11H22O2Si/c1-4-10-9-6-5-7-11(9,12)8-14(2,3)13-10/h9-10,12H,4-8H2,1-3H3/t9-,10+,11+/m1/s1. The molecule has 3 atom stereocenters. The second kappa shape index (κ2) is 3.32. The van der Waals surface area contributed by atoms with Crippen LogP contribution in [0.1, 0.15) is 32.6 Å². The van der Waals surface area contributed by atoms with Gasteiger partial charge in [0, 0.05) is 5.92 Å². The van der Waals surface area contributed by atoms with Crippen LogP contribution in [-0.4, -0.2) is 25.1 Å². The van der Waals surface area contributed by atoms with Gasteiger partial charge < -0.3 is 9.53 Å². The van der Waals surface area contributed by atoms with E-state index in [4.69, 9.17) is 4.43 Å². The summed E-state index contributed by atoms with van der Waals surface area (Å²) in [6, 6.07) is 0.946. The summed E-state index contributed by atoms with van der Waals surface area (Å²) in [6.45, 7) is 6.66. The molecule has 0 spiro atoms. The molecule has 1 N–H and O–H groups in total. The normalized spacial score (nSPS) is 46.3. The Balaban J connectivity index is 2.22. The fraction of sp³-hybridized carbons (Fsp3) is 1.00. The number of aliphatic hydroxyl groups is 1. The highest BCUT2D eigenvalue weighted by Gasteiger charge is 2.53. The van der Waals surface area contributed by atoms with Crippen molar-refractivity contribution in [3.63, 3.8) is 0 Å². The molecule has 2 rings (SSSR count). The van der Waals surface area contributed by atoms with Crippen LogP contribution in [0.2, 0.25) is 19.1 Å². The van der Waals surface area contributed by atoms with Gasteiger partial charge in [-0.3, -0.25) is 0 Å². The summed E-state index contributed by atoms with van der Waals surface area (Å²) in [6.07, 6.45) is 4.75. The van der Waals surface area contributed by atoms with Crippen LogP contribution >= 0.6 is 0 Å². The van der Waals surface area contributed by atoms with Crippen LogP contribution in [0, 0.1) is 5.92 Å². The maximum atomic E-state index is 10.6. The zero-order chi connectivity index (χ0) is 10.4. The van der Waals surface area contributed by atoms with Crippen molar-refractivity contribution in [2.75, 3.05) is 0 Å². The van der Waals surface area contributed by atoms with Gasteiger partial charge >= 0.3 is 0 Å². The summed E-state index contributed by atoms with van der Waals surface area (Å²) in [4.78, 5) is 0. The van der Waals surface area contributed by atoms with Gasteiger partial charge in [-0.2, -0.15) is 0 Å². The Hall–Kier alpha value is 0.137. The molecule has 1 aliphatic heterocycles. The molecule has 0 unspecified atom stereocenters. The van der Waals surface area contributed by atoms with E-state index in [1.165, 1.54) is 12.8 Å². The maximum absolute atomic E-state index is 10.6. The lowest BCUT2D eigenvalue weighted by Gasteiger charge is -2.47. The van der Waals surface area contributed by atoms with Crippen molar-refractivity contribution in [2.45, 2.75) is 63.5 Å². The van der Waals surface area contributed by atoms with Crippen LogP contribution in [0.4, 0.5) is 0 Å². The molecule has 2 nitrogen and oxygen atoms in total. The molecule has 3 heteroatoms. The molecule has 1 aliphatic carbocycles. The lowest BCUT2D eigenvalue weighted by molar-refractivity contribution is -0.0592. The van der Waals surface area contributed by atoms with Crippen molar-refractivity contribution in [1.82, 2.24) is 0 Å². The molecule has 0 aromatic carbocycles. The van der Waals surface area contributed by atoms with Gasteiger partial charge in [-0.05, 0) is 38.4 Å². The van der Waals surface area contributed by atoms with Gasteiger partial charge in [0.2, 0.25) is 0 Å². The lowest BCUT2D eigenvalue weighted by atomic mass is 9.86. The fourth-order valence-corrected chi connectivity index (χ4v) is 6.62. The molecule has 0 amide bonds. The van der Waals surface area contributed by atoms with E-state index in [0.717, 1.165) is 18.9 Å². The Morgan fingerprint density at radius 3 is 2.86 bits per heavy atom. The van der Waals surface area contributed by atoms with Crippen molar-refractivity contribution in [2.24, 2.45) is 5.92 Å². The average molecular weight is 214 g/mol. The van der Waals surface area contributed by atoms with Crippen molar-refractivity contribution < 1.29 is 9.53 Å². The first-order valence-electron chi connectivity index (χ1n) is 5.87. The van der Waals surface area contributed by atoms with Crippen LogP contribution in [-0.2, 0) is 4.43 Å². The Morgan fingerprint density at radius 1 is 1.50 bits per heavy atom. The fourth-order valence-electron chi connectivity index (χ4n) is 3.47. The SMILES string of the molecule is CC[C@@H]1O[Si](C)(C)C[C@@]2(O)CCC[C@H]12. The van der Waals surface area contributed by atoms with Crippen molar-refractivity contribution >= 4 is 8.32 Å². The van der Waals surface area contributed by atoms with E-state index in [-0.39, 0.29) is 5.60 Å². The summed E-state index contributed by atoms with van der Waals surface area (Å²) in [5.74, 6) is 0.424. The lowest BCUT2D eigenvalue weighted by Crippen LogP contribution is -2.56. The third-order valence-electron chi connectivity index (χ3n) is 3.87. The number of rotatable bonds is 1. The van der Waals surface area contributed by atoms with E-state index in [9.17, 15) is 5.11 Å². The smallest absolute Gasteiger partial charge is 0.190 e. The zero-order valence-corrected chi connectivity index (χ0v) is 10.5. The predicted octanol–water partition coefficient (Wildman–Crippen LogP) is 2.53. The van der Waals surface area contributed by atoms with Crippen LogP contribution in [0.25, 0.3) is 0 Å².